The van der Waals surface area contributed by atoms with Crippen LogP contribution in [0, 0.1) is 10.1 Å². The first-order chi connectivity index (χ1) is 15.0. The van der Waals surface area contributed by atoms with E-state index in [0.717, 1.165) is 0 Å². The summed E-state index contributed by atoms with van der Waals surface area (Å²) in [6.45, 7) is 0. The molecule has 31 heavy (non-hydrogen) atoms. The van der Waals surface area contributed by atoms with Crippen LogP contribution in [-0.4, -0.2) is 30.0 Å². The Morgan fingerprint density at radius 2 is 1.74 bits per heavy atom. The summed E-state index contributed by atoms with van der Waals surface area (Å²) in [6.07, 6.45) is 0. The van der Waals surface area contributed by atoms with Crippen molar-refractivity contribution in [1.82, 2.24) is 4.98 Å². The molecule has 0 saturated heterocycles. The normalized spacial score (nSPS) is 10.6. The number of hydrogen-bond acceptors (Lipinski definition) is 7. The fourth-order valence-electron chi connectivity index (χ4n) is 3.04. The van der Waals surface area contributed by atoms with Gasteiger partial charge >= 0.3 is 0 Å². The van der Waals surface area contributed by atoms with E-state index in [0.29, 0.717) is 45.3 Å². The number of aromatic nitrogens is 1. The molecule has 4 rings (SSSR count). The molecule has 0 bridgehead atoms. The number of fused-ring (bicyclic) bond motifs is 1. The van der Waals surface area contributed by atoms with Crippen LogP contribution in [0.1, 0.15) is 10.4 Å². The van der Waals surface area contributed by atoms with Crippen molar-refractivity contribution in [3.63, 3.8) is 0 Å². The van der Waals surface area contributed by atoms with Gasteiger partial charge in [-0.1, -0.05) is 0 Å². The predicted molar refractivity (Wildman–Crippen MR) is 114 cm³/mol. The molecule has 1 N–H and O–H groups in total. The Labute approximate surface area is 176 Å². The van der Waals surface area contributed by atoms with E-state index in [1.54, 1.807) is 44.6 Å². The maximum atomic E-state index is 12.4. The number of carbonyl (C=O) groups excluding carboxylic acids is 1. The summed E-state index contributed by atoms with van der Waals surface area (Å²) in [7, 11) is 3.11. The van der Waals surface area contributed by atoms with Crippen molar-refractivity contribution in [2.75, 3.05) is 19.5 Å². The van der Waals surface area contributed by atoms with E-state index >= 15 is 0 Å². The van der Waals surface area contributed by atoms with Crippen LogP contribution >= 0.6 is 0 Å². The van der Waals surface area contributed by atoms with Crippen molar-refractivity contribution < 1.29 is 23.6 Å². The van der Waals surface area contributed by atoms with Crippen molar-refractivity contribution in [2.24, 2.45) is 0 Å². The van der Waals surface area contributed by atoms with Crippen molar-refractivity contribution in [3.05, 3.63) is 76.3 Å². The van der Waals surface area contributed by atoms with Crippen molar-refractivity contribution >= 4 is 28.4 Å². The molecule has 0 atom stereocenters. The number of nitro benzene ring substituents is 1. The van der Waals surface area contributed by atoms with Crippen LogP contribution in [0.4, 0.5) is 11.4 Å². The molecule has 9 nitrogen and oxygen atoms in total. The van der Waals surface area contributed by atoms with Gasteiger partial charge in [-0.3, -0.25) is 14.9 Å². The maximum absolute atomic E-state index is 12.4. The molecule has 0 fully saturated rings. The Balaban J connectivity index is 1.57. The zero-order chi connectivity index (χ0) is 22.0. The number of hydrogen-bond donors (Lipinski definition) is 1. The topological polar surface area (TPSA) is 117 Å². The summed E-state index contributed by atoms with van der Waals surface area (Å²) < 4.78 is 16.4. The molecule has 0 saturated carbocycles. The third-order valence-corrected chi connectivity index (χ3v) is 4.62. The number of anilines is 1. The van der Waals surface area contributed by atoms with Gasteiger partial charge in [0.1, 0.15) is 5.52 Å². The Morgan fingerprint density at radius 1 is 1.00 bits per heavy atom. The molecule has 9 heteroatoms. The van der Waals surface area contributed by atoms with Crippen molar-refractivity contribution in [2.45, 2.75) is 0 Å². The third kappa shape index (κ3) is 4.01. The van der Waals surface area contributed by atoms with Gasteiger partial charge in [-0.15, -0.1) is 0 Å². The van der Waals surface area contributed by atoms with Crippen LogP contribution < -0.4 is 14.8 Å². The molecular weight excluding hydrogens is 402 g/mol. The fraction of sp³-hybridized carbons (Fsp3) is 0.0909. The zero-order valence-electron chi connectivity index (χ0n) is 16.6. The van der Waals surface area contributed by atoms with E-state index in [1.807, 2.05) is 6.07 Å². The van der Waals surface area contributed by atoms with Gasteiger partial charge in [-0.05, 0) is 48.5 Å². The number of nitrogens with zero attached hydrogens (tertiary/aromatic N) is 2. The highest BCUT2D eigenvalue weighted by Gasteiger charge is 2.14. The third-order valence-electron chi connectivity index (χ3n) is 4.62. The minimum Gasteiger partial charge on any atom is -0.493 e. The van der Waals surface area contributed by atoms with Crippen LogP contribution in [0.5, 0.6) is 11.5 Å². The SMILES string of the molecule is COc1ccc(-c2nc3cc(NC(=O)c4ccc([N+](=O)[O-])cc4)ccc3o2)cc1OC. The van der Waals surface area contributed by atoms with E-state index in [2.05, 4.69) is 10.3 Å². The van der Waals surface area contributed by atoms with Crippen LogP contribution in [0.2, 0.25) is 0 Å². The molecule has 0 spiro atoms. The summed E-state index contributed by atoms with van der Waals surface area (Å²) in [4.78, 5) is 27.2. The Morgan fingerprint density at radius 3 is 2.42 bits per heavy atom. The first-order valence-corrected chi connectivity index (χ1v) is 9.17. The molecule has 1 aromatic heterocycles. The summed E-state index contributed by atoms with van der Waals surface area (Å²) >= 11 is 0. The lowest BCUT2D eigenvalue weighted by atomic mass is 10.2. The van der Waals surface area contributed by atoms with Gasteiger partial charge in [0.2, 0.25) is 5.89 Å². The second kappa shape index (κ2) is 8.15. The molecule has 0 unspecified atom stereocenters. The number of methoxy groups -OCH3 is 2. The number of carbonyl (C=O) groups is 1. The molecule has 0 radical (unpaired) electrons. The average Bonchev–Trinajstić information content (AvgIpc) is 3.22. The predicted octanol–water partition coefficient (Wildman–Crippen LogP) is 4.67. The number of nitrogens with one attached hydrogen (secondary N) is 1. The Hall–Kier alpha value is -4.40. The Kier molecular flexibility index (Phi) is 5.23. The van der Waals surface area contributed by atoms with E-state index in [1.165, 1.54) is 24.3 Å². The highest BCUT2D eigenvalue weighted by atomic mass is 16.6. The molecule has 1 amide bonds. The molecule has 3 aromatic carbocycles. The number of benzene rings is 3. The first-order valence-electron chi connectivity index (χ1n) is 9.17. The second-order valence-corrected chi connectivity index (χ2v) is 6.53. The number of oxazole rings is 1. The monoisotopic (exact) mass is 419 g/mol. The van der Waals surface area contributed by atoms with Crippen LogP contribution in [-0.2, 0) is 0 Å². The van der Waals surface area contributed by atoms with E-state index in [4.69, 9.17) is 13.9 Å². The highest BCUT2D eigenvalue weighted by Crippen LogP contribution is 2.33. The van der Waals surface area contributed by atoms with E-state index in [-0.39, 0.29) is 5.69 Å². The van der Waals surface area contributed by atoms with E-state index in [9.17, 15) is 14.9 Å². The minimum absolute atomic E-state index is 0.0803. The highest BCUT2D eigenvalue weighted by molar-refractivity contribution is 6.05. The minimum atomic E-state index is -0.518. The lowest BCUT2D eigenvalue weighted by molar-refractivity contribution is -0.384. The number of nitro groups is 1. The van der Waals surface area contributed by atoms with E-state index < -0.39 is 10.8 Å². The van der Waals surface area contributed by atoms with Gasteiger partial charge in [0, 0.05) is 28.9 Å². The largest absolute Gasteiger partial charge is 0.493 e. The van der Waals surface area contributed by atoms with Crippen LogP contribution in [0.25, 0.3) is 22.6 Å². The average molecular weight is 419 g/mol. The maximum Gasteiger partial charge on any atom is 0.269 e. The summed E-state index contributed by atoms with van der Waals surface area (Å²) in [5, 5.41) is 13.5. The lowest BCUT2D eigenvalue weighted by Crippen LogP contribution is -2.11. The van der Waals surface area contributed by atoms with Gasteiger partial charge in [-0.25, -0.2) is 4.98 Å². The molecule has 0 aliphatic carbocycles. The van der Waals surface area contributed by atoms with Crippen molar-refractivity contribution in [3.8, 4) is 23.0 Å². The van der Waals surface area contributed by atoms with Crippen LogP contribution in [0.15, 0.2) is 65.1 Å². The quantitative estimate of drug-likeness (QED) is 0.356. The summed E-state index contributed by atoms with van der Waals surface area (Å²) in [5.74, 6) is 1.16. The number of amides is 1. The van der Waals surface area contributed by atoms with Crippen LogP contribution in [0.3, 0.4) is 0 Å². The fourth-order valence-corrected chi connectivity index (χ4v) is 3.04. The van der Waals surface area contributed by atoms with Gasteiger partial charge in [0.05, 0.1) is 19.1 Å². The van der Waals surface area contributed by atoms with Gasteiger partial charge in [0.15, 0.2) is 17.1 Å². The lowest BCUT2D eigenvalue weighted by Gasteiger charge is -2.07. The number of rotatable bonds is 6. The Bertz CT molecular complexity index is 1280. The summed E-state index contributed by atoms with van der Waals surface area (Å²) in [6, 6.07) is 15.8. The van der Waals surface area contributed by atoms with Gasteiger partial charge in [-0.2, -0.15) is 0 Å². The van der Waals surface area contributed by atoms with Gasteiger partial charge < -0.3 is 19.2 Å². The molecule has 156 valence electrons. The molecule has 4 aromatic rings. The standard InChI is InChI=1S/C22H17N3O6/c1-29-19-9-5-14(11-20(19)30-2)22-24-17-12-15(6-10-18(17)31-22)23-21(26)13-3-7-16(8-4-13)25(27)28/h3-12H,1-2H3,(H,23,26). The zero-order valence-corrected chi connectivity index (χ0v) is 16.6. The number of ether oxygens (including phenoxy) is 2. The number of non-ortho nitro benzene ring substituents is 1. The molecule has 0 aliphatic rings. The van der Waals surface area contributed by atoms with Crippen molar-refractivity contribution in [1.29, 1.82) is 0 Å². The second-order valence-electron chi connectivity index (χ2n) is 6.53. The smallest absolute Gasteiger partial charge is 0.269 e. The first kappa shape index (κ1) is 19.9. The molecular formula is C22H17N3O6. The molecule has 0 aliphatic heterocycles. The summed E-state index contributed by atoms with van der Waals surface area (Å²) in [5.41, 5.74) is 2.57. The molecule has 1 heterocycles. The van der Waals surface area contributed by atoms with Gasteiger partial charge in [0.25, 0.3) is 11.6 Å².